The zero-order chi connectivity index (χ0) is 13.7. The van der Waals surface area contributed by atoms with Gasteiger partial charge in [-0.25, -0.2) is 0 Å². The van der Waals surface area contributed by atoms with E-state index in [0.717, 1.165) is 24.6 Å². The highest BCUT2D eigenvalue weighted by molar-refractivity contribution is 5.32. The first-order valence-corrected chi connectivity index (χ1v) is 7.09. The number of hydrogen-bond donors (Lipinski definition) is 1. The van der Waals surface area contributed by atoms with Crippen molar-refractivity contribution < 1.29 is 5.11 Å². The van der Waals surface area contributed by atoms with Crippen molar-refractivity contribution in [1.82, 2.24) is 4.90 Å². The number of aliphatic hydroxyl groups excluding tert-OH is 1. The van der Waals surface area contributed by atoms with Crippen LogP contribution in [0.2, 0.25) is 0 Å². The van der Waals surface area contributed by atoms with Crippen molar-refractivity contribution in [2.24, 2.45) is 5.92 Å². The summed E-state index contributed by atoms with van der Waals surface area (Å²) >= 11 is 0. The molecule has 3 nitrogen and oxygen atoms in total. The molecule has 19 heavy (non-hydrogen) atoms. The van der Waals surface area contributed by atoms with E-state index in [4.69, 9.17) is 5.26 Å². The van der Waals surface area contributed by atoms with Crippen molar-refractivity contribution in [2.45, 2.75) is 32.3 Å². The van der Waals surface area contributed by atoms with Crippen molar-refractivity contribution >= 4 is 0 Å². The normalized spacial score (nSPS) is 22.5. The fraction of sp³-hybridized carbons (Fsp3) is 0.562. The molecule has 3 heteroatoms. The maximum absolute atomic E-state index is 10.3. The predicted molar refractivity (Wildman–Crippen MR) is 75.6 cm³/mol. The van der Waals surface area contributed by atoms with E-state index in [1.807, 2.05) is 12.1 Å². The van der Waals surface area contributed by atoms with Gasteiger partial charge >= 0.3 is 0 Å². The lowest BCUT2D eigenvalue weighted by molar-refractivity contribution is 0.114. The highest BCUT2D eigenvalue weighted by atomic mass is 16.3. The Morgan fingerprint density at radius 1 is 1.32 bits per heavy atom. The Morgan fingerprint density at radius 3 is 2.74 bits per heavy atom. The summed E-state index contributed by atoms with van der Waals surface area (Å²) < 4.78 is 0. The molecule has 1 heterocycles. The molecule has 2 atom stereocenters. The lowest BCUT2D eigenvalue weighted by Gasteiger charge is -2.23. The van der Waals surface area contributed by atoms with Crippen molar-refractivity contribution in [1.29, 1.82) is 5.26 Å². The summed E-state index contributed by atoms with van der Waals surface area (Å²) in [6.07, 6.45) is 3.28. The van der Waals surface area contributed by atoms with Crippen LogP contribution in [0.25, 0.3) is 0 Å². The first-order valence-electron chi connectivity index (χ1n) is 7.09. The highest BCUT2D eigenvalue weighted by Gasteiger charge is 2.17. The van der Waals surface area contributed by atoms with Gasteiger partial charge in [0, 0.05) is 6.54 Å². The summed E-state index contributed by atoms with van der Waals surface area (Å²) in [4.78, 5) is 2.35. The minimum Gasteiger partial charge on any atom is -0.387 e. The average molecular weight is 258 g/mol. The molecule has 102 valence electrons. The van der Waals surface area contributed by atoms with Gasteiger partial charge in [0.25, 0.3) is 0 Å². The van der Waals surface area contributed by atoms with Gasteiger partial charge in [-0.3, -0.25) is 0 Å². The molecule has 1 fully saturated rings. The highest BCUT2D eigenvalue weighted by Crippen LogP contribution is 2.20. The van der Waals surface area contributed by atoms with Gasteiger partial charge in [0.05, 0.1) is 17.7 Å². The predicted octanol–water partition coefficient (Wildman–Crippen LogP) is 2.71. The SMILES string of the molecule is CC1CCCN(CC(O)c2ccc(C#N)cc2)CC1. The molecular formula is C16H22N2O. The molecular weight excluding hydrogens is 236 g/mol. The summed E-state index contributed by atoms with van der Waals surface area (Å²) in [6.45, 7) is 5.16. The topological polar surface area (TPSA) is 47.3 Å². The molecule has 0 amide bonds. The molecule has 1 aromatic rings. The van der Waals surface area contributed by atoms with E-state index in [0.29, 0.717) is 12.1 Å². The number of likely N-dealkylation sites (tertiary alicyclic amines) is 1. The summed E-state index contributed by atoms with van der Waals surface area (Å²) in [5, 5.41) is 19.0. The Bertz CT molecular complexity index is 435. The van der Waals surface area contributed by atoms with Gasteiger partial charge in [-0.1, -0.05) is 19.1 Å². The Kier molecular flexibility index (Phi) is 4.95. The zero-order valence-electron chi connectivity index (χ0n) is 11.5. The van der Waals surface area contributed by atoms with E-state index < -0.39 is 6.10 Å². The van der Waals surface area contributed by atoms with E-state index in [1.165, 1.54) is 19.3 Å². The van der Waals surface area contributed by atoms with Gasteiger partial charge in [-0.2, -0.15) is 5.26 Å². The molecule has 1 aliphatic rings. The quantitative estimate of drug-likeness (QED) is 0.906. The fourth-order valence-electron chi connectivity index (χ4n) is 2.63. The van der Waals surface area contributed by atoms with Gasteiger partial charge in [0.15, 0.2) is 0 Å². The molecule has 0 radical (unpaired) electrons. The second-order valence-electron chi connectivity index (χ2n) is 5.59. The second kappa shape index (κ2) is 6.70. The molecule has 0 saturated carbocycles. The van der Waals surface area contributed by atoms with Crippen LogP contribution in [0.15, 0.2) is 24.3 Å². The number of nitriles is 1. The fourth-order valence-corrected chi connectivity index (χ4v) is 2.63. The van der Waals surface area contributed by atoms with Crippen LogP contribution in [0, 0.1) is 17.2 Å². The van der Waals surface area contributed by atoms with Gasteiger partial charge in [-0.05, 0) is 56.0 Å². The smallest absolute Gasteiger partial charge is 0.0991 e. The minimum atomic E-state index is -0.457. The lowest BCUT2D eigenvalue weighted by Crippen LogP contribution is -2.29. The van der Waals surface area contributed by atoms with E-state index in [9.17, 15) is 5.11 Å². The van der Waals surface area contributed by atoms with Crippen molar-refractivity contribution in [3.63, 3.8) is 0 Å². The number of aliphatic hydroxyl groups is 1. The van der Waals surface area contributed by atoms with Crippen LogP contribution >= 0.6 is 0 Å². The van der Waals surface area contributed by atoms with Crippen molar-refractivity contribution in [3.8, 4) is 6.07 Å². The third-order valence-corrected chi connectivity index (χ3v) is 3.97. The van der Waals surface area contributed by atoms with Crippen molar-refractivity contribution in [3.05, 3.63) is 35.4 Å². The first-order chi connectivity index (χ1) is 9.19. The number of hydrogen-bond acceptors (Lipinski definition) is 3. The number of β-amino-alcohol motifs (C(OH)–C–C–N with tert-alkyl or cyclic N) is 1. The molecule has 0 aromatic heterocycles. The molecule has 1 N–H and O–H groups in total. The molecule has 2 rings (SSSR count). The lowest BCUT2D eigenvalue weighted by atomic mass is 10.0. The zero-order valence-corrected chi connectivity index (χ0v) is 11.5. The number of nitrogens with zero attached hydrogens (tertiary/aromatic N) is 2. The van der Waals surface area contributed by atoms with E-state index >= 15 is 0 Å². The molecule has 1 saturated heterocycles. The summed E-state index contributed by atoms with van der Waals surface area (Å²) in [5.41, 5.74) is 1.54. The summed E-state index contributed by atoms with van der Waals surface area (Å²) in [6, 6.07) is 9.33. The Labute approximate surface area is 115 Å². The van der Waals surface area contributed by atoms with Crippen LogP contribution in [-0.2, 0) is 0 Å². The third kappa shape index (κ3) is 4.05. The number of rotatable bonds is 3. The van der Waals surface area contributed by atoms with E-state index in [2.05, 4.69) is 17.9 Å². The van der Waals surface area contributed by atoms with Crippen LogP contribution in [-0.4, -0.2) is 29.6 Å². The minimum absolute atomic E-state index is 0.457. The van der Waals surface area contributed by atoms with Crippen LogP contribution in [0.1, 0.15) is 43.4 Å². The van der Waals surface area contributed by atoms with Crippen LogP contribution < -0.4 is 0 Å². The molecule has 1 aliphatic heterocycles. The van der Waals surface area contributed by atoms with E-state index in [1.54, 1.807) is 12.1 Å². The third-order valence-electron chi connectivity index (χ3n) is 3.97. The first kappa shape index (κ1) is 14.0. The van der Waals surface area contributed by atoms with Gasteiger partial charge in [0.2, 0.25) is 0 Å². The number of benzene rings is 1. The Balaban J connectivity index is 1.92. The van der Waals surface area contributed by atoms with Crippen molar-refractivity contribution in [2.75, 3.05) is 19.6 Å². The van der Waals surface area contributed by atoms with E-state index in [-0.39, 0.29) is 0 Å². The largest absolute Gasteiger partial charge is 0.387 e. The van der Waals surface area contributed by atoms with Crippen LogP contribution in [0.5, 0.6) is 0 Å². The Hall–Kier alpha value is -1.37. The molecule has 0 aliphatic carbocycles. The van der Waals surface area contributed by atoms with Crippen LogP contribution in [0.4, 0.5) is 0 Å². The standard InChI is InChI=1S/C16H22N2O/c1-13-3-2-9-18(10-8-13)12-16(19)15-6-4-14(11-17)5-7-15/h4-7,13,16,19H,2-3,8-10,12H2,1H3. The molecule has 1 aromatic carbocycles. The second-order valence-corrected chi connectivity index (χ2v) is 5.59. The Morgan fingerprint density at radius 2 is 2.05 bits per heavy atom. The maximum Gasteiger partial charge on any atom is 0.0991 e. The van der Waals surface area contributed by atoms with Gasteiger partial charge in [-0.15, -0.1) is 0 Å². The van der Waals surface area contributed by atoms with Gasteiger partial charge < -0.3 is 10.0 Å². The summed E-state index contributed by atoms with van der Waals surface area (Å²) in [5.74, 6) is 0.803. The summed E-state index contributed by atoms with van der Waals surface area (Å²) in [7, 11) is 0. The monoisotopic (exact) mass is 258 g/mol. The molecule has 0 bridgehead atoms. The molecule has 0 spiro atoms. The average Bonchev–Trinajstić information content (AvgIpc) is 2.64. The van der Waals surface area contributed by atoms with Crippen LogP contribution in [0.3, 0.4) is 0 Å². The van der Waals surface area contributed by atoms with Gasteiger partial charge in [0.1, 0.15) is 0 Å². The molecule has 2 unspecified atom stereocenters. The maximum atomic E-state index is 10.3.